The van der Waals surface area contributed by atoms with Gasteiger partial charge in [-0.15, -0.1) is 0 Å². The first-order chi connectivity index (χ1) is 20.6. The Bertz CT molecular complexity index is 2120. The summed E-state index contributed by atoms with van der Waals surface area (Å²) in [7, 11) is 0. The maximum Gasteiger partial charge on any atom is 0.161 e. The standard InChI is InChI=1S/C33H15F8NO/c34-16-11-20(36)29(21(37)12-16)28(30-22(38)13-17(35)14-23(30)39)15-9-24(40)32(25(41)10-15)42-26-7-3-1-5-18(26)33-31(42)19-6-2-4-8-27(19)43-33/h1-14,28H. The molecule has 0 unspecified atom stereocenters. The molecule has 2 heterocycles. The highest BCUT2D eigenvalue weighted by Gasteiger charge is 2.33. The molecule has 0 atom stereocenters. The molecule has 214 valence electrons. The minimum absolute atomic E-state index is 0.262. The maximum absolute atomic E-state index is 16.2. The largest absolute Gasteiger partial charge is 0.454 e. The Kier molecular flexibility index (Phi) is 6.05. The molecule has 2 aromatic heterocycles. The van der Waals surface area contributed by atoms with Crippen molar-refractivity contribution in [3.05, 3.63) is 148 Å². The van der Waals surface area contributed by atoms with Crippen LogP contribution in [0.5, 0.6) is 0 Å². The molecule has 0 saturated carbocycles. The van der Waals surface area contributed by atoms with Gasteiger partial charge in [0.1, 0.15) is 51.7 Å². The number of fused-ring (bicyclic) bond motifs is 5. The molecule has 2 nitrogen and oxygen atoms in total. The third kappa shape index (κ3) is 4.08. The van der Waals surface area contributed by atoms with Gasteiger partial charge in [0, 0.05) is 52.1 Å². The van der Waals surface area contributed by atoms with Crippen LogP contribution in [-0.4, -0.2) is 4.57 Å². The lowest BCUT2D eigenvalue weighted by Crippen LogP contribution is -2.15. The van der Waals surface area contributed by atoms with Gasteiger partial charge < -0.3 is 8.98 Å². The SMILES string of the molecule is Fc1cc(F)c(C(c2cc(F)c(-n3c4ccccc4c4oc5ccccc5c43)c(F)c2)c2c(F)cc(F)cc2F)c(F)c1. The fourth-order valence-corrected chi connectivity index (χ4v) is 5.75. The van der Waals surface area contributed by atoms with Crippen molar-refractivity contribution in [1.29, 1.82) is 0 Å². The minimum Gasteiger partial charge on any atom is -0.454 e. The van der Waals surface area contributed by atoms with Crippen LogP contribution in [0.15, 0.2) is 89.3 Å². The van der Waals surface area contributed by atoms with Crippen LogP contribution in [0.25, 0.3) is 38.7 Å². The van der Waals surface area contributed by atoms with Crippen molar-refractivity contribution >= 4 is 33.0 Å². The Morgan fingerprint density at radius 3 is 1.58 bits per heavy atom. The van der Waals surface area contributed by atoms with Crippen LogP contribution >= 0.6 is 0 Å². The van der Waals surface area contributed by atoms with E-state index in [4.69, 9.17) is 4.42 Å². The lowest BCUT2D eigenvalue weighted by molar-refractivity contribution is 0.496. The lowest BCUT2D eigenvalue weighted by Gasteiger charge is -2.22. The highest BCUT2D eigenvalue weighted by Crippen LogP contribution is 2.43. The maximum atomic E-state index is 16.2. The van der Waals surface area contributed by atoms with E-state index in [9.17, 15) is 8.78 Å². The van der Waals surface area contributed by atoms with E-state index in [1.807, 2.05) is 0 Å². The topological polar surface area (TPSA) is 18.1 Å². The van der Waals surface area contributed by atoms with Gasteiger partial charge in [0.15, 0.2) is 17.2 Å². The molecule has 10 heteroatoms. The zero-order valence-corrected chi connectivity index (χ0v) is 21.5. The molecule has 0 radical (unpaired) electrons. The van der Waals surface area contributed by atoms with Crippen molar-refractivity contribution in [3.63, 3.8) is 0 Å². The summed E-state index contributed by atoms with van der Waals surface area (Å²) in [4.78, 5) is 0. The van der Waals surface area contributed by atoms with Crippen molar-refractivity contribution < 1.29 is 39.5 Å². The molecule has 0 spiro atoms. The van der Waals surface area contributed by atoms with E-state index in [0.717, 1.165) is 0 Å². The predicted molar refractivity (Wildman–Crippen MR) is 144 cm³/mol. The number of furan rings is 1. The number of aromatic nitrogens is 1. The molecule has 0 aliphatic heterocycles. The van der Waals surface area contributed by atoms with Gasteiger partial charge in [-0.2, -0.15) is 0 Å². The van der Waals surface area contributed by atoms with Crippen LogP contribution in [0.3, 0.4) is 0 Å². The summed E-state index contributed by atoms with van der Waals surface area (Å²) in [6.07, 6.45) is 0. The number of nitrogens with zero attached hydrogens (tertiary/aromatic N) is 1. The molecule has 43 heavy (non-hydrogen) atoms. The first-order valence-corrected chi connectivity index (χ1v) is 12.8. The van der Waals surface area contributed by atoms with Gasteiger partial charge in [0.25, 0.3) is 0 Å². The highest BCUT2D eigenvalue weighted by atomic mass is 19.2. The van der Waals surface area contributed by atoms with Crippen LogP contribution in [0.4, 0.5) is 35.1 Å². The molecule has 0 amide bonds. The van der Waals surface area contributed by atoms with Crippen molar-refractivity contribution in [2.24, 2.45) is 0 Å². The van der Waals surface area contributed by atoms with Crippen molar-refractivity contribution in [1.82, 2.24) is 4.57 Å². The van der Waals surface area contributed by atoms with E-state index in [1.54, 1.807) is 48.5 Å². The number of hydrogen-bond donors (Lipinski definition) is 0. The molecule has 5 aromatic carbocycles. The molecule has 0 aliphatic carbocycles. The lowest BCUT2D eigenvalue weighted by atomic mass is 9.83. The van der Waals surface area contributed by atoms with Gasteiger partial charge in [-0.05, 0) is 42.0 Å². The average Bonchev–Trinajstić information content (AvgIpc) is 3.46. The number of hydrogen-bond acceptors (Lipinski definition) is 1. The summed E-state index contributed by atoms with van der Waals surface area (Å²) >= 11 is 0. The normalized spacial score (nSPS) is 11.9. The smallest absolute Gasteiger partial charge is 0.161 e. The number of para-hydroxylation sites is 2. The third-order valence-electron chi connectivity index (χ3n) is 7.44. The summed E-state index contributed by atoms with van der Waals surface area (Å²) < 4.78 is 127. The van der Waals surface area contributed by atoms with Crippen LogP contribution in [0.1, 0.15) is 22.6 Å². The Hall–Kier alpha value is -5.12. The molecule has 0 aliphatic rings. The van der Waals surface area contributed by atoms with Gasteiger partial charge in [0.2, 0.25) is 0 Å². The molecular weight excluding hydrogens is 578 g/mol. The third-order valence-corrected chi connectivity index (χ3v) is 7.44. The Morgan fingerprint density at radius 2 is 1.02 bits per heavy atom. The zero-order chi connectivity index (χ0) is 30.2. The molecule has 0 N–H and O–H groups in total. The number of halogens is 8. The van der Waals surface area contributed by atoms with Crippen LogP contribution in [0.2, 0.25) is 0 Å². The average molecular weight is 593 g/mol. The quantitative estimate of drug-likeness (QED) is 0.147. The second kappa shape index (κ2) is 9.72. The second-order valence-corrected chi connectivity index (χ2v) is 9.96. The van der Waals surface area contributed by atoms with Crippen molar-refractivity contribution in [2.75, 3.05) is 0 Å². The van der Waals surface area contributed by atoms with Crippen molar-refractivity contribution in [2.45, 2.75) is 5.92 Å². The molecule has 0 bridgehead atoms. The van der Waals surface area contributed by atoms with E-state index in [2.05, 4.69) is 0 Å². The van der Waals surface area contributed by atoms with Gasteiger partial charge in [0.05, 0.1) is 5.52 Å². The van der Waals surface area contributed by atoms with E-state index in [-0.39, 0.29) is 24.3 Å². The van der Waals surface area contributed by atoms with Gasteiger partial charge in [-0.1, -0.05) is 24.3 Å². The van der Waals surface area contributed by atoms with Gasteiger partial charge >= 0.3 is 0 Å². The zero-order valence-electron chi connectivity index (χ0n) is 21.5. The van der Waals surface area contributed by atoms with E-state index >= 15 is 26.3 Å². The monoisotopic (exact) mass is 593 g/mol. The van der Waals surface area contributed by atoms with Crippen molar-refractivity contribution in [3.8, 4) is 5.69 Å². The fraction of sp³-hybridized carbons (Fsp3) is 0.0303. The predicted octanol–water partition coefficient (Wildman–Crippen LogP) is 9.82. The number of rotatable bonds is 4. The van der Waals surface area contributed by atoms with Gasteiger partial charge in [-0.25, -0.2) is 35.1 Å². The van der Waals surface area contributed by atoms with Crippen LogP contribution in [0, 0.1) is 46.5 Å². The summed E-state index contributed by atoms with van der Waals surface area (Å²) in [5.41, 5.74) is -1.88. The minimum atomic E-state index is -2.17. The number of benzene rings is 5. The first-order valence-electron chi connectivity index (χ1n) is 12.8. The summed E-state index contributed by atoms with van der Waals surface area (Å²) in [6, 6.07) is 15.9. The first kappa shape index (κ1) is 26.8. The molecular formula is C33H15F8NO. The van der Waals surface area contributed by atoms with Crippen LogP contribution < -0.4 is 0 Å². The van der Waals surface area contributed by atoms with E-state index in [0.29, 0.717) is 45.1 Å². The summed E-state index contributed by atoms with van der Waals surface area (Å²) in [5.74, 6) is -13.6. The molecule has 0 fully saturated rings. The van der Waals surface area contributed by atoms with Gasteiger partial charge in [-0.3, -0.25) is 0 Å². The van der Waals surface area contributed by atoms with Crippen LogP contribution in [-0.2, 0) is 0 Å². The Balaban J connectivity index is 1.53. The highest BCUT2D eigenvalue weighted by molar-refractivity contribution is 6.16. The molecule has 7 rings (SSSR count). The fourth-order valence-electron chi connectivity index (χ4n) is 5.75. The Morgan fingerprint density at radius 1 is 0.535 bits per heavy atom. The molecule has 0 saturated heterocycles. The molecule has 7 aromatic rings. The summed E-state index contributed by atoms with van der Waals surface area (Å²) in [6.45, 7) is 0. The second-order valence-electron chi connectivity index (χ2n) is 9.96. The Labute approximate surface area is 237 Å². The van der Waals surface area contributed by atoms with E-state index in [1.165, 1.54) is 4.57 Å². The summed E-state index contributed by atoms with van der Waals surface area (Å²) in [5, 5.41) is 1.08. The van der Waals surface area contributed by atoms with E-state index < -0.39 is 74.8 Å².